The summed E-state index contributed by atoms with van der Waals surface area (Å²) in [6.07, 6.45) is -5.80. The van der Waals surface area contributed by atoms with E-state index in [4.69, 9.17) is 4.74 Å². The molecule has 2 aliphatic rings. The minimum atomic E-state index is -3.56. The van der Waals surface area contributed by atoms with Gasteiger partial charge in [0.2, 0.25) is 6.23 Å². The molecule has 9 heteroatoms. The number of ether oxygens (including phenoxy) is 1. The Kier molecular flexibility index (Phi) is 4.14. The lowest BCUT2D eigenvalue weighted by Gasteiger charge is -2.36. The first-order valence-electron chi connectivity index (χ1n) is 6.34. The SMILES string of the molecule is CN(C)CC1O[C@@H](N2CC[C@@H](O)NC2=O)C(F)(F)[C@@H]1O. The molecule has 2 amide bonds. The first-order valence-corrected chi connectivity index (χ1v) is 6.34. The molecule has 1 unspecified atom stereocenters. The van der Waals surface area contributed by atoms with E-state index in [1.807, 2.05) is 0 Å². The van der Waals surface area contributed by atoms with Crippen molar-refractivity contribution in [3.63, 3.8) is 0 Å². The van der Waals surface area contributed by atoms with Crippen molar-refractivity contribution in [2.75, 3.05) is 27.2 Å². The Morgan fingerprint density at radius 3 is 2.70 bits per heavy atom. The molecule has 7 nitrogen and oxygen atoms in total. The molecule has 0 bridgehead atoms. The lowest BCUT2D eigenvalue weighted by molar-refractivity contribution is -0.159. The monoisotopic (exact) mass is 295 g/mol. The molecular formula is C11H19F2N3O4. The summed E-state index contributed by atoms with van der Waals surface area (Å²) in [5, 5.41) is 21.1. The summed E-state index contributed by atoms with van der Waals surface area (Å²) in [6, 6.07) is -0.828. The number of urea groups is 1. The third-order valence-corrected chi connectivity index (χ3v) is 3.40. The molecule has 0 aliphatic carbocycles. The molecule has 20 heavy (non-hydrogen) atoms. The van der Waals surface area contributed by atoms with E-state index < -0.39 is 36.6 Å². The molecule has 116 valence electrons. The molecule has 0 saturated carbocycles. The summed E-state index contributed by atoms with van der Waals surface area (Å²) in [6.45, 7) is 0.0556. The third kappa shape index (κ3) is 2.71. The Morgan fingerprint density at radius 1 is 1.50 bits per heavy atom. The summed E-state index contributed by atoms with van der Waals surface area (Å²) in [5.74, 6) is -3.56. The molecule has 0 radical (unpaired) electrons. The van der Waals surface area contributed by atoms with Gasteiger partial charge in [-0.2, -0.15) is 8.78 Å². The highest BCUT2D eigenvalue weighted by atomic mass is 19.3. The van der Waals surface area contributed by atoms with E-state index >= 15 is 0 Å². The van der Waals surface area contributed by atoms with Crippen LogP contribution < -0.4 is 5.32 Å². The number of hydrogen-bond acceptors (Lipinski definition) is 5. The minimum absolute atomic E-state index is 0.0609. The average molecular weight is 295 g/mol. The van der Waals surface area contributed by atoms with Crippen molar-refractivity contribution in [1.82, 2.24) is 15.1 Å². The van der Waals surface area contributed by atoms with Gasteiger partial charge in [0.25, 0.3) is 0 Å². The fourth-order valence-corrected chi connectivity index (χ4v) is 2.39. The number of rotatable bonds is 3. The van der Waals surface area contributed by atoms with Crippen LogP contribution in [0.5, 0.6) is 0 Å². The number of alkyl halides is 2. The molecule has 0 aromatic rings. The highest BCUT2D eigenvalue weighted by molar-refractivity contribution is 5.75. The van der Waals surface area contributed by atoms with Gasteiger partial charge in [0, 0.05) is 19.5 Å². The Hall–Kier alpha value is -1.03. The van der Waals surface area contributed by atoms with Gasteiger partial charge in [-0.25, -0.2) is 4.79 Å². The number of hydrogen-bond donors (Lipinski definition) is 3. The van der Waals surface area contributed by atoms with Crippen LogP contribution in [0.15, 0.2) is 0 Å². The number of aliphatic hydroxyl groups is 2. The number of halogens is 2. The molecular weight excluding hydrogens is 276 g/mol. The van der Waals surface area contributed by atoms with Gasteiger partial charge in [0.15, 0.2) is 0 Å². The molecule has 0 spiro atoms. The van der Waals surface area contributed by atoms with Crippen LogP contribution in [-0.4, -0.2) is 83.8 Å². The summed E-state index contributed by atoms with van der Waals surface area (Å²) in [5.41, 5.74) is 0. The molecule has 2 aliphatic heterocycles. The van der Waals surface area contributed by atoms with Crippen molar-refractivity contribution in [1.29, 1.82) is 0 Å². The van der Waals surface area contributed by atoms with E-state index in [1.54, 1.807) is 19.0 Å². The standard InChI is InChI=1S/C11H19F2N3O4/c1-15(2)5-6-8(18)11(12,13)9(20-6)16-4-3-7(17)14-10(16)19/h6-9,17-18H,3-5H2,1-2H3,(H,14,19)/t6?,7-,8-,9-/m1/s1. The van der Waals surface area contributed by atoms with Crippen molar-refractivity contribution in [3.05, 3.63) is 0 Å². The summed E-state index contributed by atoms with van der Waals surface area (Å²) in [7, 11) is 3.34. The maximum Gasteiger partial charge on any atom is 0.321 e. The van der Waals surface area contributed by atoms with Gasteiger partial charge in [-0.1, -0.05) is 0 Å². The van der Waals surface area contributed by atoms with Crippen LogP contribution >= 0.6 is 0 Å². The highest BCUT2D eigenvalue weighted by Crippen LogP contribution is 2.38. The van der Waals surface area contributed by atoms with Crippen LogP contribution in [0.4, 0.5) is 13.6 Å². The zero-order valence-corrected chi connectivity index (χ0v) is 11.3. The van der Waals surface area contributed by atoms with Crippen LogP contribution in [0.25, 0.3) is 0 Å². The topological polar surface area (TPSA) is 85.3 Å². The molecule has 2 rings (SSSR count). The lowest BCUT2D eigenvalue weighted by atomic mass is 10.1. The van der Waals surface area contributed by atoms with Crippen molar-refractivity contribution in [2.24, 2.45) is 0 Å². The van der Waals surface area contributed by atoms with Crippen LogP contribution in [0.3, 0.4) is 0 Å². The summed E-state index contributed by atoms with van der Waals surface area (Å²) < 4.78 is 33.3. The molecule has 0 aromatic carbocycles. The number of amides is 2. The van der Waals surface area contributed by atoms with Crippen LogP contribution in [0.2, 0.25) is 0 Å². The number of carbonyl (C=O) groups excluding carboxylic acids is 1. The second kappa shape index (κ2) is 5.40. The van der Waals surface area contributed by atoms with E-state index in [0.717, 1.165) is 4.90 Å². The first-order chi connectivity index (χ1) is 9.23. The number of aliphatic hydroxyl groups excluding tert-OH is 2. The Bertz CT molecular complexity index is 383. The lowest BCUT2D eigenvalue weighted by Crippen LogP contribution is -2.59. The zero-order valence-electron chi connectivity index (χ0n) is 11.3. The predicted molar refractivity (Wildman–Crippen MR) is 64.0 cm³/mol. The van der Waals surface area contributed by atoms with Gasteiger partial charge < -0.3 is 25.2 Å². The molecule has 2 fully saturated rings. The third-order valence-electron chi connectivity index (χ3n) is 3.40. The second-order valence-corrected chi connectivity index (χ2v) is 5.36. The van der Waals surface area contributed by atoms with Gasteiger partial charge >= 0.3 is 12.0 Å². The normalized spacial score (nSPS) is 37.4. The van der Waals surface area contributed by atoms with Gasteiger partial charge in [-0.05, 0) is 14.1 Å². The zero-order chi connectivity index (χ0) is 15.1. The maximum absolute atomic E-state index is 14.1. The number of likely N-dealkylation sites (N-methyl/N-ethyl adjacent to an activating group) is 1. The van der Waals surface area contributed by atoms with Gasteiger partial charge in [0.1, 0.15) is 18.4 Å². The molecule has 4 atom stereocenters. The van der Waals surface area contributed by atoms with E-state index in [2.05, 4.69) is 5.32 Å². The molecule has 0 aromatic heterocycles. The molecule has 2 saturated heterocycles. The van der Waals surface area contributed by atoms with Gasteiger partial charge in [-0.3, -0.25) is 4.90 Å². The quantitative estimate of drug-likeness (QED) is 0.622. The van der Waals surface area contributed by atoms with E-state index in [9.17, 15) is 23.8 Å². The van der Waals surface area contributed by atoms with Crippen molar-refractivity contribution >= 4 is 6.03 Å². The van der Waals surface area contributed by atoms with Crippen LogP contribution in [0.1, 0.15) is 6.42 Å². The first kappa shape index (κ1) is 15.4. The Morgan fingerprint density at radius 2 is 2.15 bits per heavy atom. The average Bonchev–Trinajstić information content (AvgIpc) is 2.53. The van der Waals surface area contributed by atoms with Crippen LogP contribution in [0, 0.1) is 0 Å². The van der Waals surface area contributed by atoms with E-state index in [1.165, 1.54) is 0 Å². The van der Waals surface area contributed by atoms with Gasteiger partial charge in [0.05, 0.1) is 0 Å². The van der Waals surface area contributed by atoms with Crippen LogP contribution in [-0.2, 0) is 4.74 Å². The number of nitrogens with one attached hydrogen (secondary N) is 1. The number of nitrogens with zero attached hydrogens (tertiary/aromatic N) is 2. The fourth-order valence-electron chi connectivity index (χ4n) is 2.39. The van der Waals surface area contributed by atoms with Crippen molar-refractivity contribution in [3.8, 4) is 0 Å². The smallest absolute Gasteiger partial charge is 0.321 e. The summed E-state index contributed by atoms with van der Waals surface area (Å²) >= 11 is 0. The van der Waals surface area contributed by atoms with E-state index in [0.29, 0.717) is 0 Å². The van der Waals surface area contributed by atoms with Crippen molar-refractivity contribution in [2.45, 2.75) is 37.0 Å². The van der Waals surface area contributed by atoms with Gasteiger partial charge in [-0.15, -0.1) is 0 Å². The highest BCUT2D eigenvalue weighted by Gasteiger charge is 2.61. The predicted octanol–water partition coefficient (Wildman–Crippen LogP) is -0.997. The van der Waals surface area contributed by atoms with E-state index in [-0.39, 0.29) is 19.5 Å². The summed E-state index contributed by atoms with van der Waals surface area (Å²) in [4.78, 5) is 14.1. The van der Waals surface area contributed by atoms with Crippen molar-refractivity contribution < 1.29 is 28.5 Å². The largest absolute Gasteiger partial charge is 0.384 e. The maximum atomic E-state index is 14.1. The Labute approximate surface area is 115 Å². The second-order valence-electron chi connectivity index (χ2n) is 5.36. The minimum Gasteiger partial charge on any atom is -0.384 e. The fraction of sp³-hybridized carbons (Fsp3) is 0.909. The number of carbonyl (C=O) groups is 1. The molecule has 3 N–H and O–H groups in total. The molecule has 2 heterocycles. The Balaban J connectivity index is 2.13.